The number of carbonyl (C=O) groups excluding carboxylic acids is 3. The fourth-order valence-electron chi connectivity index (χ4n) is 7.24. The lowest BCUT2D eigenvalue weighted by Crippen LogP contribution is -2.60. The largest absolute Gasteiger partial charge is 0.466 e. The van der Waals surface area contributed by atoms with Crippen LogP contribution >= 0.6 is 0 Å². The Hall–Kier alpha value is -2.91. The Kier molecular flexibility index (Phi) is 8.66. The first-order valence-corrected chi connectivity index (χ1v) is 14.6. The van der Waals surface area contributed by atoms with Gasteiger partial charge >= 0.3 is 5.97 Å². The summed E-state index contributed by atoms with van der Waals surface area (Å²) >= 11 is 0. The summed E-state index contributed by atoms with van der Waals surface area (Å²) < 4.78 is 12.1. The highest BCUT2D eigenvalue weighted by molar-refractivity contribution is 6.05. The molecule has 0 aliphatic carbocycles. The van der Waals surface area contributed by atoms with Gasteiger partial charge in [-0.25, -0.2) is 0 Å². The third-order valence-corrected chi connectivity index (χ3v) is 9.17. The van der Waals surface area contributed by atoms with E-state index in [4.69, 9.17) is 9.47 Å². The number of esters is 1. The molecule has 2 unspecified atom stereocenters. The van der Waals surface area contributed by atoms with Gasteiger partial charge in [-0.15, -0.1) is 6.58 Å². The van der Waals surface area contributed by atoms with Crippen molar-refractivity contribution in [2.24, 2.45) is 17.8 Å². The minimum Gasteiger partial charge on any atom is -0.466 e. The fourth-order valence-corrected chi connectivity index (χ4v) is 7.24. The molecule has 1 aromatic rings. The molecule has 9 heteroatoms. The van der Waals surface area contributed by atoms with Crippen LogP contribution in [0.1, 0.15) is 54.4 Å². The standard InChI is InChI=1S/C31H45N3O6/c1-8-18-33(22-14-12-21(13-15-22)32(9-2)10-3)28(37)26-31-17-16-30(7,40-31)25(29(38)39-11-4)24(31)27(36)34(26)23(19-35)20(5)6/h8,12-15,20,23-26,35H,1,9-11,16-19H2,2-7H3/t23-,24-,25+,26?,30-,31?/m0/s1. The van der Waals surface area contributed by atoms with Crippen LogP contribution in [-0.4, -0.2) is 83.9 Å². The molecule has 3 heterocycles. The zero-order chi connectivity index (χ0) is 29.4. The van der Waals surface area contributed by atoms with Crippen molar-refractivity contribution in [3.63, 3.8) is 0 Å². The van der Waals surface area contributed by atoms with Crippen LogP contribution in [0.5, 0.6) is 0 Å². The van der Waals surface area contributed by atoms with Gasteiger partial charge in [0.1, 0.15) is 17.6 Å². The smallest absolute Gasteiger partial charge is 0.312 e. The van der Waals surface area contributed by atoms with E-state index in [2.05, 4.69) is 25.3 Å². The fraction of sp³-hybridized carbons (Fsp3) is 0.645. The molecule has 1 spiro atoms. The first-order chi connectivity index (χ1) is 19.0. The molecule has 4 rings (SSSR count). The van der Waals surface area contributed by atoms with Crippen molar-refractivity contribution < 1.29 is 29.0 Å². The molecule has 2 bridgehead atoms. The second kappa shape index (κ2) is 11.5. The second-order valence-corrected chi connectivity index (χ2v) is 11.6. The summed E-state index contributed by atoms with van der Waals surface area (Å²) in [7, 11) is 0. The van der Waals surface area contributed by atoms with Crippen LogP contribution in [0.25, 0.3) is 0 Å². The Balaban J connectivity index is 1.81. The molecule has 0 saturated carbocycles. The number of fused-ring (bicyclic) bond motifs is 1. The number of ether oxygens (including phenoxy) is 2. The van der Waals surface area contributed by atoms with Crippen LogP contribution in [0.15, 0.2) is 36.9 Å². The molecular formula is C31H45N3O6. The van der Waals surface area contributed by atoms with Crippen molar-refractivity contribution in [3.05, 3.63) is 36.9 Å². The first-order valence-electron chi connectivity index (χ1n) is 14.6. The Labute approximate surface area is 238 Å². The Bertz CT molecular complexity index is 1120. The van der Waals surface area contributed by atoms with Gasteiger partial charge in [-0.1, -0.05) is 19.9 Å². The van der Waals surface area contributed by atoms with Crippen LogP contribution in [0.4, 0.5) is 11.4 Å². The maximum Gasteiger partial charge on any atom is 0.312 e. The number of hydrogen-bond donors (Lipinski definition) is 1. The number of amides is 2. The van der Waals surface area contributed by atoms with Crippen molar-refractivity contribution in [2.75, 3.05) is 42.6 Å². The van der Waals surface area contributed by atoms with Gasteiger partial charge in [-0.05, 0) is 70.7 Å². The Morgan fingerprint density at radius 1 is 1.18 bits per heavy atom. The summed E-state index contributed by atoms with van der Waals surface area (Å²) in [5.74, 6) is -2.92. The number of nitrogens with zero attached hydrogens (tertiary/aromatic N) is 3. The molecule has 220 valence electrons. The van der Waals surface area contributed by atoms with Crippen molar-refractivity contribution in [3.8, 4) is 0 Å². The molecule has 1 N–H and O–H groups in total. The van der Waals surface area contributed by atoms with E-state index >= 15 is 0 Å². The molecule has 3 aliphatic rings. The van der Waals surface area contributed by atoms with Crippen LogP contribution in [0.3, 0.4) is 0 Å². The summed E-state index contributed by atoms with van der Waals surface area (Å²) in [6, 6.07) is 6.18. The lowest BCUT2D eigenvalue weighted by Gasteiger charge is -2.40. The highest BCUT2D eigenvalue weighted by Crippen LogP contribution is 2.64. The van der Waals surface area contributed by atoms with Crippen LogP contribution in [0, 0.1) is 17.8 Å². The van der Waals surface area contributed by atoms with Gasteiger partial charge in [0.05, 0.1) is 30.8 Å². The minimum absolute atomic E-state index is 0.130. The van der Waals surface area contributed by atoms with Gasteiger partial charge in [-0.2, -0.15) is 0 Å². The van der Waals surface area contributed by atoms with E-state index in [1.165, 1.54) is 4.90 Å². The highest BCUT2D eigenvalue weighted by Gasteiger charge is 2.79. The summed E-state index contributed by atoms with van der Waals surface area (Å²) in [5, 5.41) is 10.4. The van der Waals surface area contributed by atoms with Crippen LogP contribution in [0.2, 0.25) is 0 Å². The monoisotopic (exact) mass is 555 g/mol. The second-order valence-electron chi connectivity index (χ2n) is 11.6. The van der Waals surface area contributed by atoms with E-state index in [-0.39, 0.29) is 37.5 Å². The number of hydrogen-bond acceptors (Lipinski definition) is 7. The summed E-state index contributed by atoms with van der Waals surface area (Å²) in [5.41, 5.74) is -0.361. The molecule has 3 aliphatic heterocycles. The van der Waals surface area contributed by atoms with E-state index in [1.807, 2.05) is 45.0 Å². The normalized spacial score (nSPS) is 29.4. The molecule has 2 amide bonds. The third-order valence-electron chi connectivity index (χ3n) is 9.17. The molecule has 0 aromatic heterocycles. The zero-order valence-electron chi connectivity index (χ0n) is 24.8. The van der Waals surface area contributed by atoms with Crippen molar-refractivity contribution in [1.82, 2.24) is 4.90 Å². The quantitative estimate of drug-likeness (QED) is 0.312. The predicted octanol–water partition coefficient (Wildman–Crippen LogP) is 3.40. The number of aliphatic hydroxyl groups excluding tert-OH is 1. The topological polar surface area (TPSA) is 99.6 Å². The maximum atomic E-state index is 14.7. The number of carbonyl (C=O) groups is 3. The van der Waals surface area contributed by atoms with E-state index in [0.29, 0.717) is 18.5 Å². The van der Waals surface area contributed by atoms with Gasteiger partial charge in [0.2, 0.25) is 5.91 Å². The molecule has 3 saturated heterocycles. The molecule has 9 nitrogen and oxygen atoms in total. The Morgan fingerprint density at radius 3 is 2.33 bits per heavy atom. The van der Waals surface area contributed by atoms with Crippen LogP contribution in [-0.2, 0) is 23.9 Å². The third kappa shape index (κ3) is 4.61. The number of aliphatic hydroxyl groups is 1. The Morgan fingerprint density at radius 2 is 1.80 bits per heavy atom. The van der Waals surface area contributed by atoms with Crippen molar-refractivity contribution in [2.45, 2.75) is 77.7 Å². The molecule has 6 atom stereocenters. The SMILES string of the molecule is C=CCN(C(=O)C1N([C@@H](CO)C(C)C)C(=O)[C@@H]2[C@H](C(=O)OCC)[C@]3(C)CCC12O3)c1ccc(N(CC)CC)cc1. The van der Waals surface area contributed by atoms with Gasteiger partial charge < -0.3 is 29.3 Å². The average molecular weight is 556 g/mol. The van der Waals surface area contributed by atoms with Gasteiger partial charge in [0, 0.05) is 31.0 Å². The molecule has 0 radical (unpaired) electrons. The lowest BCUT2D eigenvalue weighted by atomic mass is 9.66. The number of rotatable bonds is 12. The summed E-state index contributed by atoms with van der Waals surface area (Å²) in [6.07, 6.45) is 2.65. The highest BCUT2D eigenvalue weighted by atomic mass is 16.6. The predicted molar refractivity (Wildman–Crippen MR) is 154 cm³/mol. The molecule has 3 fully saturated rings. The summed E-state index contributed by atoms with van der Waals surface area (Å²) in [6.45, 7) is 17.3. The van der Waals surface area contributed by atoms with E-state index in [9.17, 15) is 19.5 Å². The van der Waals surface area contributed by atoms with E-state index in [0.717, 1.165) is 18.8 Å². The van der Waals surface area contributed by atoms with Gasteiger partial charge in [-0.3, -0.25) is 14.4 Å². The minimum atomic E-state index is -1.19. The zero-order valence-corrected chi connectivity index (χ0v) is 24.8. The van der Waals surface area contributed by atoms with Crippen molar-refractivity contribution >= 4 is 29.2 Å². The average Bonchev–Trinajstić information content (AvgIpc) is 3.49. The summed E-state index contributed by atoms with van der Waals surface area (Å²) in [4.78, 5) is 47.6. The number of benzene rings is 1. The molecular weight excluding hydrogens is 510 g/mol. The number of likely N-dealkylation sites (tertiary alicyclic amines) is 1. The molecule has 40 heavy (non-hydrogen) atoms. The van der Waals surface area contributed by atoms with Crippen LogP contribution < -0.4 is 9.80 Å². The molecule has 1 aromatic carbocycles. The van der Waals surface area contributed by atoms with E-state index < -0.39 is 41.1 Å². The maximum absolute atomic E-state index is 14.7. The lowest BCUT2D eigenvalue weighted by molar-refractivity contribution is -0.160. The first kappa shape index (κ1) is 30.1. The van der Waals surface area contributed by atoms with Crippen molar-refractivity contribution in [1.29, 1.82) is 0 Å². The van der Waals surface area contributed by atoms with E-state index in [1.54, 1.807) is 17.9 Å². The number of anilines is 2. The van der Waals surface area contributed by atoms with Gasteiger partial charge in [0.25, 0.3) is 5.91 Å². The van der Waals surface area contributed by atoms with Gasteiger partial charge in [0.15, 0.2) is 0 Å².